The number of carbonyl (C=O) groups is 2. The molecule has 9 heteroatoms. The molecule has 3 N–H and O–H groups in total. The molecule has 0 unspecified atom stereocenters. The Kier molecular flexibility index (Phi) is 4.91. The molecule has 22 heavy (non-hydrogen) atoms. The van der Waals surface area contributed by atoms with Gasteiger partial charge in [-0.1, -0.05) is 23.8 Å². The summed E-state index contributed by atoms with van der Waals surface area (Å²) in [5.74, 6) is -2.08. The lowest BCUT2D eigenvalue weighted by atomic mass is 10.2. The van der Waals surface area contributed by atoms with Crippen molar-refractivity contribution in [3.63, 3.8) is 0 Å². The normalized spacial score (nSPS) is 11.0. The summed E-state index contributed by atoms with van der Waals surface area (Å²) in [7, 11) is -3.87. The summed E-state index contributed by atoms with van der Waals surface area (Å²) < 4.78 is 23.6. The van der Waals surface area contributed by atoms with E-state index in [1.165, 1.54) is 6.07 Å². The van der Waals surface area contributed by atoms with Crippen molar-refractivity contribution >= 4 is 38.9 Å². The number of carbonyl (C=O) groups excluding carboxylic acids is 2. The quantitative estimate of drug-likeness (QED) is 0.571. The Balaban J connectivity index is 1.92. The van der Waals surface area contributed by atoms with Crippen LogP contribution in [0.15, 0.2) is 46.0 Å². The van der Waals surface area contributed by atoms with E-state index in [4.69, 9.17) is 0 Å². The number of sulfonamides is 1. The van der Waals surface area contributed by atoms with Gasteiger partial charge in [0.05, 0.1) is 0 Å². The zero-order chi connectivity index (χ0) is 16.2. The minimum Gasteiger partial charge on any atom is -0.318 e. The Hall–Kier alpha value is -2.23. The van der Waals surface area contributed by atoms with Crippen LogP contribution in [0.4, 0.5) is 5.69 Å². The Labute approximate surface area is 131 Å². The third-order valence-corrected chi connectivity index (χ3v) is 5.22. The van der Waals surface area contributed by atoms with Crippen LogP contribution in [0.2, 0.25) is 0 Å². The minimum atomic E-state index is -3.87. The van der Waals surface area contributed by atoms with Gasteiger partial charge in [-0.25, -0.2) is 8.42 Å². The van der Waals surface area contributed by atoms with Gasteiger partial charge in [0.25, 0.3) is 10.0 Å². The topological polar surface area (TPSA) is 104 Å². The maximum atomic E-state index is 11.8. The van der Waals surface area contributed by atoms with Crippen molar-refractivity contribution in [3.8, 4) is 0 Å². The summed E-state index contributed by atoms with van der Waals surface area (Å²) in [6.07, 6.45) is 0. The second-order valence-electron chi connectivity index (χ2n) is 4.31. The highest BCUT2D eigenvalue weighted by Crippen LogP contribution is 2.14. The first-order valence-electron chi connectivity index (χ1n) is 6.12. The SMILES string of the molecule is Cc1ccc(NC(=O)C(=O)NNS(=O)(=O)c2cccs2)cc1. The summed E-state index contributed by atoms with van der Waals surface area (Å²) in [5, 5.41) is 3.94. The Morgan fingerprint density at radius 1 is 1.05 bits per heavy atom. The van der Waals surface area contributed by atoms with E-state index in [1.807, 2.05) is 17.2 Å². The third-order valence-electron chi connectivity index (χ3n) is 2.57. The number of thiophene rings is 1. The van der Waals surface area contributed by atoms with Gasteiger partial charge in [0, 0.05) is 5.69 Å². The zero-order valence-corrected chi connectivity index (χ0v) is 13.1. The van der Waals surface area contributed by atoms with E-state index < -0.39 is 21.8 Å². The molecule has 2 rings (SSSR count). The van der Waals surface area contributed by atoms with Crippen LogP contribution in [-0.2, 0) is 19.6 Å². The van der Waals surface area contributed by atoms with Crippen LogP contribution in [-0.4, -0.2) is 20.2 Å². The molecule has 0 atom stereocenters. The second-order valence-corrected chi connectivity index (χ2v) is 7.17. The fraction of sp³-hybridized carbons (Fsp3) is 0.0769. The number of amides is 2. The Bertz CT molecular complexity index is 768. The van der Waals surface area contributed by atoms with Gasteiger partial charge in [0.2, 0.25) is 0 Å². The molecule has 0 radical (unpaired) electrons. The van der Waals surface area contributed by atoms with Crippen LogP contribution in [0.5, 0.6) is 0 Å². The lowest BCUT2D eigenvalue weighted by Gasteiger charge is -2.07. The maximum Gasteiger partial charge on any atom is 0.324 e. The first-order valence-corrected chi connectivity index (χ1v) is 8.48. The van der Waals surface area contributed by atoms with Gasteiger partial charge in [0.15, 0.2) is 0 Å². The summed E-state index contributed by atoms with van der Waals surface area (Å²) in [5.41, 5.74) is 3.30. The molecule has 0 spiro atoms. The summed E-state index contributed by atoms with van der Waals surface area (Å²) in [4.78, 5) is 25.1. The fourth-order valence-electron chi connectivity index (χ4n) is 1.46. The third kappa shape index (κ3) is 4.13. The van der Waals surface area contributed by atoms with E-state index in [0.717, 1.165) is 16.9 Å². The van der Waals surface area contributed by atoms with Gasteiger partial charge in [-0.3, -0.25) is 15.0 Å². The Morgan fingerprint density at radius 2 is 1.73 bits per heavy atom. The number of nitrogens with one attached hydrogen (secondary N) is 3. The van der Waals surface area contributed by atoms with E-state index >= 15 is 0 Å². The number of hydrogen-bond acceptors (Lipinski definition) is 5. The van der Waals surface area contributed by atoms with Crippen molar-refractivity contribution in [3.05, 3.63) is 47.3 Å². The van der Waals surface area contributed by atoms with Crippen LogP contribution in [0.25, 0.3) is 0 Å². The number of hydrazine groups is 1. The molecule has 0 saturated heterocycles. The summed E-state index contributed by atoms with van der Waals surface area (Å²) in [6.45, 7) is 1.89. The predicted octanol–water partition coefficient (Wildman–Crippen LogP) is 1.00. The van der Waals surface area contributed by atoms with Gasteiger partial charge in [-0.2, -0.15) is 0 Å². The molecule has 1 heterocycles. The van der Waals surface area contributed by atoms with Crippen LogP contribution in [0.3, 0.4) is 0 Å². The van der Waals surface area contributed by atoms with Crippen LogP contribution in [0.1, 0.15) is 5.56 Å². The highest BCUT2D eigenvalue weighted by molar-refractivity contribution is 7.91. The van der Waals surface area contributed by atoms with E-state index in [2.05, 4.69) is 5.32 Å². The number of anilines is 1. The highest BCUT2D eigenvalue weighted by Gasteiger charge is 2.19. The molecule has 7 nitrogen and oxygen atoms in total. The average Bonchev–Trinajstić information content (AvgIpc) is 3.02. The van der Waals surface area contributed by atoms with Gasteiger partial charge in [0.1, 0.15) is 4.21 Å². The fourth-order valence-corrected chi connectivity index (χ4v) is 3.29. The lowest BCUT2D eigenvalue weighted by molar-refractivity contribution is -0.136. The average molecular weight is 339 g/mol. The van der Waals surface area contributed by atoms with Crippen molar-refractivity contribution in [1.29, 1.82) is 0 Å². The number of aryl methyl sites for hydroxylation is 1. The zero-order valence-electron chi connectivity index (χ0n) is 11.5. The monoisotopic (exact) mass is 339 g/mol. The highest BCUT2D eigenvalue weighted by atomic mass is 32.2. The van der Waals surface area contributed by atoms with Crippen molar-refractivity contribution in [2.24, 2.45) is 0 Å². The molecule has 1 aromatic heterocycles. The van der Waals surface area contributed by atoms with Crippen LogP contribution < -0.4 is 15.6 Å². The molecule has 2 amide bonds. The van der Waals surface area contributed by atoms with E-state index in [-0.39, 0.29) is 4.21 Å². The van der Waals surface area contributed by atoms with Gasteiger partial charge >= 0.3 is 11.8 Å². The molecule has 116 valence electrons. The van der Waals surface area contributed by atoms with Crippen molar-refractivity contribution in [1.82, 2.24) is 10.3 Å². The smallest absolute Gasteiger partial charge is 0.318 e. The molecule has 0 saturated carbocycles. The van der Waals surface area contributed by atoms with Crippen molar-refractivity contribution < 1.29 is 18.0 Å². The van der Waals surface area contributed by atoms with E-state index in [1.54, 1.807) is 35.7 Å². The van der Waals surface area contributed by atoms with Gasteiger partial charge < -0.3 is 5.32 Å². The molecule has 0 aliphatic heterocycles. The molecular formula is C13H13N3O4S2. The first-order chi connectivity index (χ1) is 10.4. The summed E-state index contributed by atoms with van der Waals surface area (Å²) in [6, 6.07) is 9.75. The largest absolute Gasteiger partial charge is 0.324 e. The molecule has 0 aliphatic rings. The number of hydrogen-bond donors (Lipinski definition) is 3. The molecule has 1 aromatic carbocycles. The Morgan fingerprint density at radius 3 is 2.32 bits per heavy atom. The van der Waals surface area contributed by atoms with Crippen LogP contribution >= 0.6 is 11.3 Å². The van der Waals surface area contributed by atoms with Crippen molar-refractivity contribution in [2.75, 3.05) is 5.32 Å². The first kappa shape index (κ1) is 16.1. The van der Waals surface area contributed by atoms with Gasteiger partial charge in [-0.05, 0) is 30.5 Å². The molecule has 0 fully saturated rings. The second kappa shape index (κ2) is 6.69. The number of rotatable bonds is 4. The molecule has 2 aromatic rings. The lowest BCUT2D eigenvalue weighted by Crippen LogP contribution is -2.46. The molecule has 0 aliphatic carbocycles. The van der Waals surface area contributed by atoms with Crippen molar-refractivity contribution in [2.45, 2.75) is 11.1 Å². The summed E-state index contributed by atoms with van der Waals surface area (Å²) >= 11 is 0.992. The van der Waals surface area contributed by atoms with E-state index in [9.17, 15) is 18.0 Å². The minimum absolute atomic E-state index is 0.0340. The number of benzene rings is 1. The van der Waals surface area contributed by atoms with Crippen LogP contribution in [0, 0.1) is 6.92 Å². The molecule has 0 bridgehead atoms. The standard InChI is InChI=1S/C13H13N3O4S2/c1-9-4-6-10(7-5-9)14-12(17)13(18)15-16-22(19,20)11-3-2-8-21-11/h2-8,16H,1H3,(H,14,17)(H,15,18). The van der Waals surface area contributed by atoms with E-state index in [0.29, 0.717) is 5.69 Å². The predicted molar refractivity (Wildman–Crippen MR) is 82.6 cm³/mol. The van der Waals surface area contributed by atoms with Gasteiger partial charge in [-0.15, -0.1) is 16.2 Å². The maximum absolute atomic E-state index is 11.8. The molecular weight excluding hydrogens is 326 g/mol.